The molecule has 1 heterocycles. The second-order valence-corrected chi connectivity index (χ2v) is 6.24. The highest BCUT2D eigenvalue weighted by Gasteiger charge is 2.26. The van der Waals surface area contributed by atoms with Gasteiger partial charge in [-0.25, -0.2) is 0 Å². The van der Waals surface area contributed by atoms with E-state index in [4.69, 9.17) is 4.74 Å². The fraction of sp³-hybridized carbons (Fsp3) is 0.250. The third-order valence-corrected chi connectivity index (χ3v) is 4.23. The first-order valence-corrected chi connectivity index (χ1v) is 8.62. The highest BCUT2D eigenvalue weighted by Crippen LogP contribution is 2.22. The molecular formula is C20H21N3O4. The van der Waals surface area contributed by atoms with Gasteiger partial charge in [0.1, 0.15) is 6.61 Å². The lowest BCUT2D eigenvalue weighted by Gasteiger charge is -2.15. The average Bonchev–Trinajstić information content (AvgIpc) is 2.98. The molecule has 7 heteroatoms. The third kappa shape index (κ3) is 4.71. The second kappa shape index (κ2) is 8.46. The Morgan fingerprint density at radius 2 is 1.63 bits per heavy atom. The van der Waals surface area contributed by atoms with Crippen molar-refractivity contribution < 1.29 is 19.1 Å². The standard InChI is InChI=1S/C20H21N3O4/c1-27-13-19(25)22-16-8-6-15(7-9-16)21-18(24)10-11-23-12-14-4-2-3-5-17(14)20(23)26/h2-9H,10-13H2,1H3,(H,21,24)(H,22,25). The van der Waals surface area contributed by atoms with E-state index in [-0.39, 0.29) is 30.7 Å². The number of ether oxygens (including phenoxy) is 1. The highest BCUT2D eigenvalue weighted by molar-refractivity contribution is 5.99. The van der Waals surface area contributed by atoms with Crippen LogP contribution in [0.15, 0.2) is 48.5 Å². The summed E-state index contributed by atoms with van der Waals surface area (Å²) >= 11 is 0. The first-order chi connectivity index (χ1) is 13.1. The summed E-state index contributed by atoms with van der Waals surface area (Å²) < 4.78 is 4.75. The zero-order chi connectivity index (χ0) is 19.2. The zero-order valence-corrected chi connectivity index (χ0v) is 15.0. The molecule has 140 valence electrons. The largest absolute Gasteiger partial charge is 0.375 e. The minimum Gasteiger partial charge on any atom is -0.375 e. The Hall–Kier alpha value is -3.19. The van der Waals surface area contributed by atoms with Crippen molar-refractivity contribution in [2.75, 3.05) is 30.9 Å². The predicted molar refractivity (Wildman–Crippen MR) is 101 cm³/mol. The SMILES string of the molecule is COCC(=O)Nc1ccc(NC(=O)CCN2Cc3ccccc3C2=O)cc1. The monoisotopic (exact) mass is 367 g/mol. The van der Waals surface area contributed by atoms with Crippen molar-refractivity contribution in [2.45, 2.75) is 13.0 Å². The maximum absolute atomic E-state index is 12.3. The lowest BCUT2D eigenvalue weighted by molar-refractivity contribution is -0.119. The van der Waals surface area contributed by atoms with Crippen LogP contribution < -0.4 is 10.6 Å². The number of amides is 3. The Bertz CT molecular complexity index is 849. The van der Waals surface area contributed by atoms with E-state index in [1.54, 1.807) is 29.2 Å². The fourth-order valence-corrected chi connectivity index (χ4v) is 2.92. The number of rotatable bonds is 7. The molecule has 0 aliphatic carbocycles. The number of hydrogen-bond donors (Lipinski definition) is 2. The van der Waals surface area contributed by atoms with Crippen LogP contribution in [0.1, 0.15) is 22.3 Å². The number of anilines is 2. The molecule has 2 N–H and O–H groups in total. The smallest absolute Gasteiger partial charge is 0.254 e. The van der Waals surface area contributed by atoms with Gasteiger partial charge in [-0.2, -0.15) is 0 Å². The average molecular weight is 367 g/mol. The number of carbonyl (C=O) groups is 3. The molecule has 3 rings (SSSR count). The molecule has 0 aromatic heterocycles. The summed E-state index contributed by atoms with van der Waals surface area (Å²) in [5.74, 6) is -0.449. The Morgan fingerprint density at radius 1 is 1.00 bits per heavy atom. The Balaban J connectivity index is 1.47. The number of methoxy groups -OCH3 is 1. The fourth-order valence-electron chi connectivity index (χ4n) is 2.92. The molecule has 0 spiro atoms. The van der Waals surface area contributed by atoms with Crippen molar-refractivity contribution in [3.63, 3.8) is 0 Å². The normalized spacial score (nSPS) is 12.6. The summed E-state index contributed by atoms with van der Waals surface area (Å²) in [6.45, 7) is 0.889. The van der Waals surface area contributed by atoms with E-state index in [2.05, 4.69) is 10.6 Å². The maximum Gasteiger partial charge on any atom is 0.254 e. The van der Waals surface area contributed by atoms with Crippen LogP contribution >= 0.6 is 0 Å². The van der Waals surface area contributed by atoms with Gasteiger partial charge < -0.3 is 20.3 Å². The van der Waals surface area contributed by atoms with Gasteiger partial charge in [-0.1, -0.05) is 18.2 Å². The van der Waals surface area contributed by atoms with Crippen LogP contribution in [-0.2, 0) is 20.9 Å². The van der Waals surface area contributed by atoms with Crippen LogP contribution in [0.3, 0.4) is 0 Å². The van der Waals surface area contributed by atoms with Gasteiger partial charge in [0.25, 0.3) is 5.91 Å². The Morgan fingerprint density at radius 3 is 2.26 bits per heavy atom. The van der Waals surface area contributed by atoms with Gasteiger partial charge in [-0.15, -0.1) is 0 Å². The van der Waals surface area contributed by atoms with Gasteiger partial charge in [-0.3, -0.25) is 14.4 Å². The summed E-state index contributed by atoms with van der Waals surface area (Å²) in [7, 11) is 1.45. The third-order valence-electron chi connectivity index (χ3n) is 4.23. The van der Waals surface area contributed by atoms with Crippen LogP contribution in [0.4, 0.5) is 11.4 Å². The Kier molecular flexibility index (Phi) is 5.83. The van der Waals surface area contributed by atoms with E-state index >= 15 is 0 Å². The van der Waals surface area contributed by atoms with Crippen LogP contribution in [0.2, 0.25) is 0 Å². The van der Waals surface area contributed by atoms with E-state index in [0.717, 1.165) is 5.56 Å². The molecule has 1 aliphatic rings. The number of nitrogens with one attached hydrogen (secondary N) is 2. The zero-order valence-electron chi connectivity index (χ0n) is 15.0. The van der Waals surface area contributed by atoms with Gasteiger partial charge in [0.2, 0.25) is 11.8 Å². The molecule has 3 amide bonds. The summed E-state index contributed by atoms with van der Waals surface area (Å²) in [5, 5.41) is 5.47. The molecule has 2 aromatic carbocycles. The van der Waals surface area contributed by atoms with Crippen molar-refractivity contribution in [2.24, 2.45) is 0 Å². The molecule has 0 unspecified atom stereocenters. The molecular weight excluding hydrogens is 346 g/mol. The highest BCUT2D eigenvalue weighted by atomic mass is 16.5. The first-order valence-electron chi connectivity index (χ1n) is 8.62. The lowest BCUT2D eigenvalue weighted by Crippen LogP contribution is -2.28. The van der Waals surface area contributed by atoms with Crippen molar-refractivity contribution >= 4 is 29.1 Å². The van der Waals surface area contributed by atoms with Gasteiger partial charge in [0.05, 0.1) is 0 Å². The number of benzene rings is 2. The molecule has 1 aliphatic heterocycles. The van der Waals surface area contributed by atoms with Gasteiger partial charge >= 0.3 is 0 Å². The van der Waals surface area contributed by atoms with Crippen LogP contribution in [0.5, 0.6) is 0 Å². The number of hydrogen-bond acceptors (Lipinski definition) is 4. The van der Waals surface area contributed by atoms with E-state index in [1.807, 2.05) is 24.3 Å². The van der Waals surface area contributed by atoms with E-state index in [1.165, 1.54) is 7.11 Å². The Labute approximate surface area is 157 Å². The number of nitrogens with zero attached hydrogens (tertiary/aromatic N) is 1. The van der Waals surface area contributed by atoms with Crippen molar-refractivity contribution in [1.29, 1.82) is 0 Å². The van der Waals surface area contributed by atoms with E-state index < -0.39 is 0 Å². The summed E-state index contributed by atoms with van der Waals surface area (Å²) in [5.41, 5.74) is 2.95. The van der Waals surface area contributed by atoms with Crippen LogP contribution in [0.25, 0.3) is 0 Å². The molecule has 0 atom stereocenters. The number of carbonyl (C=O) groups excluding carboxylic acids is 3. The van der Waals surface area contributed by atoms with Gasteiger partial charge in [-0.05, 0) is 35.9 Å². The lowest BCUT2D eigenvalue weighted by atomic mass is 10.1. The summed E-state index contributed by atoms with van der Waals surface area (Å²) in [6, 6.07) is 14.3. The first kappa shape index (κ1) is 18.6. The van der Waals surface area contributed by atoms with E-state index in [0.29, 0.717) is 30.0 Å². The molecule has 0 radical (unpaired) electrons. The summed E-state index contributed by atoms with van der Waals surface area (Å²) in [4.78, 5) is 37.6. The molecule has 7 nitrogen and oxygen atoms in total. The predicted octanol–water partition coefficient (Wildman–Crippen LogP) is 2.26. The minimum absolute atomic E-state index is 0.0163. The quantitative estimate of drug-likeness (QED) is 0.786. The van der Waals surface area contributed by atoms with Crippen molar-refractivity contribution in [1.82, 2.24) is 4.90 Å². The van der Waals surface area contributed by atoms with Crippen LogP contribution in [0, 0.1) is 0 Å². The molecule has 0 saturated carbocycles. The summed E-state index contributed by atoms with van der Waals surface area (Å²) in [6.07, 6.45) is 0.214. The molecule has 27 heavy (non-hydrogen) atoms. The molecule has 2 aromatic rings. The van der Waals surface area contributed by atoms with Gasteiger partial charge in [0.15, 0.2) is 0 Å². The molecule has 0 saturated heterocycles. The van der Waals surface area contributed by atoms with Crippen molar-refractivity contribution in [3.05, 3.63) is 59.7 Å². The van der Waals surface area contributed by atoms with E-state index in [9.17, 15) is 14.4 Å². The maximum atomic E-state index is 12.3. The van der Waals surface area contributed by atoms with Crippen molar-refractivity contribution in [3.8, 4) is 0 Å². The molecule has 0 fully saturated rings. The second-order valence-electron chi connectivity index (χ2n) is 6.24. The van der Waals surface area contributed by atoms with Crippen LogP contribution in [-0.4, -0.2) is 42.9 Å². The molecule has 0 bridgehead atoms. The van der Waals surface area contributed by atoms with Gasteiger partial charge in [0, 0.05) is 43.6 Å². The topological polar surface area (TPSA) is 87.7 Å². The minimum atomic E-state index is -0.245. The number of fused-ring (bicyclic) bond motifs is 1.